The van der Waals surface area contributed by atoms with Crippen LogP contribution in [0.1, 0.15) is 0 Å². The van der Waals surface area contributed by atoms with Gasteiger partial charge in [0.15, 0.2) is 0 Å². The highest BCUT2D eigenvalue weighted by atomic mass is 15.0. The molecule has 0 saturated carbocycles. The number of para-hydroxylation sites is 5. The molecule has 0 saturated heterocycles. The highest BCUT2D eigenvalue weighted by Crippen LogP contribution is 2.45. The van der Waals surface area contributed by atoms with E-state index in [1.807, 2.05) is 0 Å². The molecule has 45 heavy (non-hydrogen) atoms. The monoisotopic (exact) mass is 573 g/mol. The van der Waals surface area contributed by atoms with Crippen LogP contribution in [-0.4, -0.2) is 14.1 Å². The zero-order valence-corrected chi connectivity index (χ0v) is 24.4. The maximum Gasteiger partial charge on any atom is 0.0789 e. The van der Waals surface area contributed by atoms with E-state index in [1.54, 1.807) is 0 Å². The van der Waals surface area contributed by atoms with Crippen molar-refractivity contribution in [3.05, 3.63) is 158 Å². The predicted octanol–water partition coefficient (Wildman–Crippen LogP) is 11.2. The van der Waals surface area contributed by atoms with Crippen LogP contribution in [-0.2, 0) is 0 Å². The van der Waals surface area contributed by atoms with Crippen molar-refractivity contribution < 1.29 is 0 Å². The minimum Gasteiger partial charge on any atom is -0.353 e. The number of nitrogens with one attached hydrogen (secondary N) is 1. The maximum atomic E-state index is 3.82. The molecule has 3 nitrogen and oxygen atoms in total. The Bertz CT molecular complexity index is 2740. The van der Waals surface area contributed by atoms with Crippen molar-refractivity contribution >= 4 is 65.4 Å². The highest BCUT2D eigenvalue weighted by Gasteiger charge is 2.22. The molecule has 0 atom stereocenters. The number of hydrogen-bond donors (Lipinski definition) is 1. The zero-order chi connectivity index (χ0) is 29.5. The van der Waals surface area contributed by atoms with Crippen molar-refractivity contribution in [2.24, 2.45) is 0 Å². The first kappa shape index (κ1) is 24.4. The number of hydrogen-bond acceptors (Lipinski definition) is 0. The first-order chi connectivity index (χ1) is 22.3. The van der Waals surface area contributed by atoms with Gasteiger partial charge >= 0.3 is 0 Å². The molecule has 0 radical (unpaired) electrons. The van der Waals surface area contributed by atoms with Crippen molar-refractivity contribution in [1.82, 2.24) is 14.1 Å². The van der Waals surface area contributed by atoms with E-state index in [9.17, 15) is 0 Å². The minimum absolute atomic E-state index is 1.15. The molecule has 1 N–H and O–H groups in total. The fraction of sp³-hybridized carbons (Fsp3) is 0. The Morgan fingerprint density at radius 3 is 1.73 bits per heavy atom. The van der Waals surface area contributed by atoms with Crippen LogP contribution < -0.4 is 0 Å². The van der Waals surface area contributed by atoms with E-state index in [4.69, 9.17) is 0 Å². The lowest BCUT2D eigenvalue weighted by Gasteiger charge is -2.12. The Balaban J connectivity index is 1.39. The van der Waals surface area contributed by atoms with Gasteiger partial charge in [-0.1, -0.05) is 103 Å². The van der Waals surface area contributed by atoms with Crippen molar-refractivity contribution in [2.45, 2.75) is 0 Å². The van der Waals surface area contributed by atoms with Crippen LogP contribution in [0.15, 0.2) is 158 Å². The predicted molar refractivity (Wildman–Crippen MR) is 190 cm³/mol. The molecule has 7 aromatic carbocycles. The number of aromatic amines is 1. The molecule has 0 fully saturated rings. The van der Waals surface area contributed by atoms with Gasteiger partial charge in [0, 0.05) is 49.2 Å². The van der Waals surface area contributed by atoms with Gasteiger partial charge in [0.05, 0.1) is 27.6 Å². The number of H-pyrrole nitrogens is 1. The number of benzene rings is 7. The fourth-order valence-electron chi connectivity index (χ4n) is 7.53. The third kappa shape index (κ3) is 3.41. The van der Waals surface area contributed by atoms with Gasteiger partial charge in [-0.3, -0.25) is 0 Å². The van der Waals surface area contributed by atoms with Crippen LogP contribution in [0.3, 0.4) is 0 Å². The summed E-state index contributed by atoms with van der Waals surface area (Å²) in [4.78, 5) is 3.82. The average molecular weight is 574 g/mol. The summed E-state index contributed by atoms with van der Waals surface area (Å²) >= 11 is 0. The summed E-state index contributed by atoms with van der Waals surface area (Å²) in [6.07, 6.45) is 0. The Kier molecular flexibility index (Phi) is 5.00. The summed E-state index contributed by atoms with van der Waals surface area (Å²) in [5.41, 5.74) is 11.9. The van der Waals surface area contributed by atoms with Crippen LogP contribution in [0.2, 0.25) is 0 Å². The van der Waals surface area contributed by atoms with E-state index in [0.717, 1.165) is 16.7 Å². The van der Waals surface area contributed by atoms with Gasteiger partial charge in [-0.25, -0.2) is 0 Å². The van der Waals surface area contributed by atoms with Crippen molar-refractivity contribution in [1.29, 1.82) is 0 Å². The van der Waals surface area contributed by atoms with E-state index in [2.05, 4.69) is 172 Å². The highest BCUT2D eigenvalue weighted by molar-refractivity contribution is 6.27. The summed E-state index contributed by atoms with van der Waals surface area (Å²) in [5, 5.41) is 7.50. The Morgan fingerprint density at radius 1 is 0.400 bits per heavy atom. The van der Waals surface area contributed by atoms with E-state index in [1.165, 1.54) is 71.2 Å². The summed E-state index contributed by atoms with van der Waals surface area (Å²) in [5.74, 6) is 0. The van der Waals surface area contributed by atoms with E-state index < -0.39 is 0 Å². The van der Waals surface area contributed by atoms with Crippen molar-refractivity contribution in [3.8, 4) is 22.5 Å². The molecule has 3 heteroatoms. The average Bonchev–Trinajstić information content (AvgIpc) is 3.76. The van der Waals surface area contributed by atoms with Gasteiger partial charge in [-0.05, 0) is 65.7 Å². The van der Waals surface area contributed by atoms with Crippen LogP contribution in [0.25, 0.3) is 87.9 Å². The number of rotatable bonds is 3. The van der Waals surface area contributed by atoms with Gasteiger partial charge in [0.1, 0.15) is 0 Å². The first-order valence-electron chi connectivity index (χ1n) is 15.5. The molecule has 10 aromatic rings. The summed E-state index contributed by atoms with van der Waals surface area (Å²) in [6, 6.07) is 57.1. The molecular formula is C42H27N3. The maximum absolute atomic E-state index is 3.82. The first-order valence-corrected chi connectivity index (χ1v) is 15.5. The van der Waals surface area contributed by atoms with Crippen molar-refractivity contribution in [2.75, 3.05) is 0 Å². The molecule has 0 aliphatic carbocycles. The molecule has 210 valence electrons. The van der Waals surface area contributed by atoms with E-state index >= 15 is 0 Å². The van der Waals surface area contributed by atoms with E-state index in [-0.39, 0.29) is 0 Å². The van der Waals surface area contributed by atoms with Crippen molar-refractivity contribution in [3.63, 3.8) is 0 Å². The third-order valence-corrected chi connectivity index (χ3v) is 9.43. The molecular weight excluding hydrogens is 546 g/mol. The van der Waals surface area contributed by atoms with Gasteiger partial charge < -0.3 is 14.1 Å². The SMILES string of the molecule is c1ccc(-n2c3ccccc3c3ccc(-c4cc5c6ccccc6[nH]c5c5c4c4ccccc4n5-c4ccccc4)cc32)cc1. The molecule has 0 spiro atoms. The smallest absolute Gasteiger partial charge is 0.0789 e. The van der Waals surface area contributed by atoms with Crippen LogP contribution in [0, 0.1) is 0 Å². The lowest BCUT2D eigenvalue weighted by atomic mass is 9.96. The third-order valence-electron chi connectivity index (χ3n) is 9.43. The Morgan fingerprint density at radius 2 is 0.978 bits per heavy atom. The normalized spacial score (nSPS) is 12.0. The minimum atomic E-state index is 1.15. The summed E-state index contributed by atoms with van der Waals surface area (Å²) < 4.78 is 4.84. The van der Waals surface area contributed by atoms with Gasteiger partial charge in [-0.2, -0.15) is 0 Å². The Hall–Kier alpha value is -6.06. The van der Waals surface area contributed by atoms with E-state index in [0.29, 0.717) is 0 Å². The molecule has 3 aromatic heterocycles. The molecule has 3 heterocycles. The zero-order valence-electron chi connectivity index (χ0n) is 24.4. The number of aromatic nitrogens is 3. The molecule has 0 aliphatic heterocycles. The van der Waals surface area contributed by atoms with Gasteiger partial charge in [0.2, 0.25) is 0 Å². The topological polar surface area (TPSA) is 25.6 Å². The molecule has 0 bridgehead atoms. The fourth-order valence-corrected chi connectivity index (χ4v) is 7.53. The largest absolute Gasteiger partial charge is 0.353 e. The van der Waals surface area contributed by atoms with Crippen LogP contribution in [0.5, 0.6) is 0 Å². The second-order valence-corrected chi connectivity index (χ2v) is 11.8. The second-order valence-electron chi connectivity index (χ2n) is 11.8. The van der Waals surface area contributed by atoms with Crippen LogP contribution in [0.4, 0.5) is 0 Å². The van der Waals surface area contributed by atoms with Gasteiger partial charge in [0.25, 0.3) is 0 Å². The lowest BCUT2D eigenvalue weighted by molar-refractivity contribution is 1.18. The molecule has 0 unspecified atom stereocenters. The second kappa shape index (κ2) is 9.22. The standard InChI is InChI=1S/C42H27N3/c1-3-13-28(14-4-1)44-37-21-11-8-18-31(37)32-24-23-27(25-39(32)44)34-26-35-30-17-7-10-20-36(30)43-41(35)42-40(34)33-19-9-12-22-38(33)45(42)29-15-5-2-6-16-29/h1-26,43H. The molecule has 10 rings (SSSR count). The quantitative estimate of drug-likeness (QED) is 0.218. The molecule has 0 aliphatic rings. The van der Waals surface area contributed by atoms with Gasteiger partial charge in [-0.15, -0.1) is 0 Å². The van der Waals surface area contributed by atoms with Crippen LogP contribution >= 0.6 is 0 Å². The summed E-state index contributed by atoms with van der Waals surface area (Å²) in [6.45, 7) is 0. The lowest BCUT2D eigenvalue weighted by Crippen LogP contribution is -1.95. The number of fused-ring (bicyclic) bond motifs is 10. The number of nitrogens with zero attached hydrogens (tertiary/aromatic N) is 2. The molecule has 0 amide bonds. The Labute approximate surface area is 259 Å². The summed E-state index contributed by atoms with van der Waals surface area (Å²) in [7, 11) is 0.